The predicted octanol–water partition coefficient (Wildman–Crippen LogP) is 1.35. The molecular weight excluding hydrogens is 302 g/mol. The Morgan fingerprint density at radius 2 is 1.96 bits per heavy atom. The van der Waals surface area contributed by atoms with Crippen molar-refractivity contribution in [2.75, 3.05) is 26.2 Å². The third kappa shape index (κ3) is 2.19. The highest BCUT2D eigenvalue weighted by atomic mass is 19.2. The first-order valence-electron chi connectivity index (χ1n) is 8.20. The molecule has 4 nitrogen and oxygen atoms in total. The van der Waals surface area contributed by atoms with E-state index in [-0.39, 0.29) is 23.9 Å². The van der Waals surface area contributed by atoms with Crippen molar-refractivity contribution in [2.45, 2.75) is 30.8 Å². The molecule has 23 heavy (non-hydrogen) atoms. The molecule has 4 heterocycles. The summed E-state index contributed by atoms with van der Waals surface area (Å²) in [6.45, 7) is 1.71. The Bertz CT molecular complexity index is 631. The number of piperidine rings is 3. The van der Waals surface area contributed by atoms with Gasteiger partial charge in [-0.3, -0.25) is 9.69 Å². The van der Waals surface area contributed by atoms with Crippen LogP contribution in [0, 0.1) is 17.6 Å². The Labute approximate surface area is 133 Å². The van der Waals surface area contributed by atoms with E-state index in [2.05, 4.69) is 4.90 Å². The average molecular weight is 322 g/mol. The van der Waals surface area contributed by atoms with Gasteiger partial charge < -0.3 is 10.0 Å². The lowest BCUT2D eigenvalue weighted by molar-refractivity contribution is -0.138. The van der Waals surface area contributed by atoms with Gasteiger partial charge in [-0.25, -0.2) is 8.78 Å². The lowest BCUT2D eigenvalue weighted by Crippen LogP contribution is -2.61. The van der Waals surface area contributed by atoms with Crippen LogP contribution in [0.2, 0.25) is 0 Å². The van der Waals surface area contributed by atoms with Crippen LogP contribution in [0.25, 0.3) is 0 Å². The number of hydrogen-bond acceptors (Lipinski definition) is 3. The molecule has 4 aliphatic heterocycles. The van der Waals surface area contributed by atoms with Crippen LogP contribution in [-0.2, 0) is 4.79 Å². The molecule has 4 saturated heterocycles. The van der Waals surface area contributed by atoms with Crippen LogP contribution in [0.1, 0.15) is 24.3 Å². The molecule has 124 valence electrons. The molecule has 1 aromatic rings. The maximum absolute atomic E-state index is 14.3. The van der Waals surface area contributed by atoms with Gasteiger partial charge in [-0.1, -0.05) is 12.1 Å². The van der Waals surface area contributed by atoms with E-state index in [9.17, 15) is 18.7 Å². The molecule has 0 spiro atoms. The van der Waals surface area contributed by atoms with Crippen LogP contribution in [-0.4, -0.2) is 59.1 Å². The number of amides is 1. The first-order valence-corrected chi connectivity index (χ1v) is 8.20. The summed E-state index contributed by atoms with van der Waals surface area (Å²) in [7, 11) is 0. The number of hydrogen-bond donors (Lipinski definition) is 1. The third-order valence-electron chi connectivity index (χ3n) is 5.83. The van der Waals surface area contributed by atoms with Gasteiger partial charge in [-0.2, -0.15) is 0 Å². The minimum absolute atomic E-state index is 0.00446. The van der Waals surface area contributed by atoms with E-state index >= 15 is 0 Å². The van der Waals surface area contributed by atoms with Crippen molar-refractivity contribution in [2.24, 2.45) is 5.92 Å². The Morgan fingerprint density at radius 3 is 2.65 bits per heavy atom. The van der Waals surface area contributed by atoms with Gasteiger partial charge in [0.2, 0.25) is 5.91 Å². The molecule has 1 N–H and O–H groups in total. The average Bonchev–Trinajstić information content (AvgIpc) is 3.00. The molecule has 1 aromatic carbocycles. The number of carbonyl (C=O) groups is 1. The van der Waals surface area contributed by atoms with Crippen molar-refractivity contribution in [3.8, 4) is 0 Å². The number of fused-ring (bicyclic) bond motifs is 2. The summed E-state index contributed by atoms with van der Waals surface area (Å²) >= 11 is 0. The van der Waals surface area contributed by atoms with E-state index in [1.165, 1.54) is 6.07 Å². The van der Waals surface area contributed by atoms with Crippen LogP contribution in [0.4, 0.5) is 8.78 Å². The van der Waals surface area contributed by atoms with E-state index in [0.29, 0.717) is 18.0 Å². The van der Waals surface area contributed by atoms with Crippen molar-refractivity contribution in [1.29, 1.82) is 0 Å². The predicted molar refractivity (Wildman–Crippen MR) is 79.8 cm³/mol. The molecule has 3 atom stereocenters. The Hall–Kier alpha value is -1.53. The maximum Gasteiger partial charge on any atom is 0.248 e. The molecule has 0 aliphatic carbocycles. The fourth-order valence-corrected chi connectivity index (χ4v) is 4.87. The van der Waals surface area contributed by atoms with Crippen molar-refractivity contribution < 1.29 is 18.7 Å². The Balaban J connectivity index is 1.75. The van der Waals surface area contributed by atoms with Gasteiger partial charge >= 0.3 is 0 Å². The summed E-state index contributed by atoms with van der Waals surface area (Å²) in [5.74, 6) is -1.82. The SMILES string of the molecule is O=C(CO)N1C[C@H](c2cccc(F)c2F)[C@@H]2[C@H]1C1CCN2CC1. The standard InChI is InChI=1S/C17H20F2N2O2/c18-13-3-1-2-11(15(13)19)12-8-21(14(23)9-22)16-10-4-6-20(7-5-10)17(12)16/h1-3,10,12,16-17,22H,4-9H2/t12-,16-,17-/m1/s1. The summed E-state index contributed by atoms with van der Waals surface area (Å²) in [5.41, 5.74) is 0.348. The Morgan fingerprint density at radius 1 is 1.22 bits per heavy atom. The van der Waals surface area contributed by atoms with Crippen LogP contribution in [0.3, 0.4) is 0 Å². The highest BCUT2D eigenvalue weighted by molar-refractivity contribution is 5.78. The highest BCUT2D eigenvalue weighted by Crippen LogP contribution is 2.47. The monoisotopic (exact) mass is 322 g/mol. The molecule has 4 fully saturated rings. The second-order valence-electron chi connectivity index (χ2n) is 6.81. The molecule has 0 aromatic heterocycles. The van der Waals surface area contributed by atoms with Crippen molar-refractivity contribution >= 4 is 5.91 Å². The number of aliphatic hydroxyl groups is 1. The van der Waals surface area contributed by atoms with E-state index in [1.54, 1.807) is 11.0 Å². The van der Waals surface area contributed by atoms with Crippen LogP contribution in [0.15, 0.2) is 18.2 Å². The topological polar surface area (TPSA) is 43.8 Å². The molecule has 0 radical (unpaired) electrons. The Kier molecular flexibility index (Phi) is 3.61. The van der Waals surface area contributed by atoms with E-state index in [4.69, 9.17) is 0 Å². The van der Waals surface area contributed by atoms with Crippen molar-refractivity contribution in [3.05, 3.63) is 35.4 Å². The molecular formula is C17H20F2N2O2. The molecule has 0 unspecified atom stereocenters. The third-order valence-corrected chi connectivity index (χ3v) is 5.83. The summed E-state index contributed by atoms with van der Waals surface area (Å²) < 4.78 is 28.0. The zero-order valence-electron chi connectivity index (χ0n) is 12.8. The second kappa shape index (κ2) is 5.53. The molecule has 4 aliphatic rings. The minimum Gasteiger partial charge on any atom is -0.387 e. The summed E-state index contributed by atoms with van der Waals surface area (Å²) in [6.07, 6.45) is 2.05. The quantitative estimate of drug-likeness (QED) is 0.894. The fourth-order valence-electron chi connectivity index (χ4n) is 4.87. The van der Waals surface area contributed by atoms with Crippen LogP contribution < -0.4 is 0 Å². The van der Waals surface area contributed by atoms with Gasteiger partial charge in [0.1, 0.15) is 6.61 Å². The van der Waals surface area contributed by atoms with Gasteiger partial charge in [-0.05, 0) is 43.5 Å². The lowest BCUT2D eigenvalue weighted by Gasteiger charge is -2.51. The van der Waals surface area contributed by atoms with Gasteiger partial charge in [0.05, 0.1) is 6.04 Å². The first kappa shape index (κ1) is 15.0. The van der Waals surface area contributed by atoms with Gasteiger partial charge in [0, 0.05) is 18.5 Å². The molecule has 6 heteroatoms. The highest BCUT2D eigenvalue weighted by Gasteiger charge is 2.54. The summed E-state index contributed by atoms with van der Waals surface area (Å²) in [6, 6.07) is 4.29. The number of likely N-dealkylation sites (tertiary alicyclic amines) is 1. The van der Waals surface area contributed by atoms with E-state index < -0.39 is 18.2 Å². The largest absolute Gasteiger partial charge is 0.387 e. The molecule has 1 amide bonds. The number of nitrogens with zero attached hydrogens (tertiary/aromatic N) is 2. The fraction of sp³-hybridized carbons (Fsp3) is 0.588. The number of aliphatic hydroxyl groups excluding tert-OH is 1. The molecule has 0 saturated carbocycles. The lowest BCUT2D eigenvalue weighted by atomic mass is 9.75. The zero-order valence-corrected chi connectivity index (χ0v) is 12.8. The van der Waals surface area contributed by atoms with Gasteiger partial charge in [0.15, 0.2) is 11.6 Å². The van der Waals surface area contributed by atoms with Crippen molar-refractivity contribution in [1.82, 2.24) is 9.80 Å². The van der Waals surface area contributed by atoms with Crippen LogP contribution in [0.5, 0.6) is 0 Å². The van der Waals surface area contributed by atoms with Gasteiger partial charge in [0.25, 0.3) is 0 Å². The number of benzene rings is 1. The van der Waals surface area contributed by atoms with E-state index in [1.807, 2.05) is 0 Å². The summed E-state index contributed by atoms with van der Waals surface area (Å²) in [4.78, 5) is 16.2. The van der Waals surface area contributed by atoms with E-state index in [0.717, 1.165) is 32.0 Å². The number of rotatable bonds is 2. The molecule has 5 rings (SSSR count). The first-order chi connectivity index (χ1) is 11.1. The second-order valence-corrected chi connectivity index (χ2v) is 6.81. The number of carbonyl (C=O) groups excluding carboxylic acids is 1. The summed E-state index contributed by atoms with van der Waals surface area (Å²) in [5, 5.41) is 9.27. The van der Waals surface area contributed by atoms with Gasteiger partial charge in [-0.15, -0.1) is 0 Å². The van der Waals surface area contributed by atoms with Crippen molar-refractivity contribution in [3.63, 3.8) is 0 Å². The normalized spacial score (nSPS) is 35.4. The maximum atomic E-state index is 14.3. The zero-order chi connectivity index (χ0) is 16.1. The van der Waals surface area contributed by atoms with Crippen LogP contribution >= 0.6 is 0 Å². The minimum atomic E-state index is -0.845. The smallest absolute Gasteiger partial charge is 0.248 e. The molecule has 2 bridgehead atoms. The number of halogens is 2.